The highest BCUT2D eigenvalue weighted by atomic mass is 35.5. The number of hydrogen-bond acceptors (Lipinski definition) is 5. The number of anilines is 1. The van der Waals surface area contributed by atoms with Crippen LogP contribution >= 0.6 is 12.4 Å². The van der Waals surface area contributed by atoms with Gasteiger partial charge in [0.2, 0.25) is 17.7 Å². The molecule has 1 aliphatic rings. The quantitative estimate of drug-likeness (QED) is 0.756. The number of amides is 1. The molecule has 0 spiro atoms. The first-order chi connectivity index (χ1) is 12.9. The third kappa shape index (κ3) is 5.39. The number of pyridine rings is 1. The van der Waals surface area contributed by atoms with Crippen LogP contribution in [0.2, 0.25) is 0 Å². The van der Waals surface area contributed by atoms with Crippen LogP contribution < -0.4 is 15.8 Å². The van der Waals surface area contributed by atoms with E-state index in [1.165, 1.54) is 6.20 Å². The van der Waals surface area contributed by atoms with Crippen molar-refractivity contribution in [3.05, 3.63) is 36.3 Å². The maximum atomic E-state index is 13.3. The largest absolute Gasteiger partial charge is 0.481 e. The second-order valence-electron chi connectivity index (χ2n) is 6.81. The summed E-state index contributed by atoms with van der Waals surface area (Å²) in [4.78, 5) is 16.5. The fourth-order valence-electron chi connectivity index (χ4n) is 3.28. The van der Waals surface area contributed by atoms with E-state index in [0.29, 0.717) is 18.1 Å². The van der Waals surface area contributed by atoms with Crippen molar-refractivity contribution in [1.29, 1.82) is 0 Å². The molecular weight excluding hydrogens is 392 g/mol. The highest BCUT2D eigenvalue weighted by molar-refractivity contribution is 5.94. The van der Waals surface area contributed by atoms with Gasteiger partial charge >= 0.3 is 0 Å². The fourth-order valence-corrected chi connectivity index (χ4v) is 3.28. The van der Waals surface area contributed by atoms with E-state index in [4.69, 9.17) is 10.5 Å². The summed E-state index contributed by atoms with van der Waals surface area (Å²) >= 11 is 0. The number of methoxy groups -OCH3 is 1. The van der Waals surface area contributed by atoms with E-state index in [9.17, 15) is 13.6 Å². The Morgan fingerprint density at radius 3 is 2.86 bits per heavy atom. The minimum absolute atomic E-state index is 0. The molecule has 2 aromatic rings. The molecule has 154 valence electrons. The van der Waals surface area contributed by atoms with Crippen LogP contribution in [0.5, 0.6) is 5.88 Å². The Morgan fingerprint density at radius 1 is 1.46 bits per heavy atom. The molecule has 1 fully saturated rings. The van der Waals surface area contributed by atoms with Crippen molar-refractivity contribution in [3.8, 4) is 5.88 Å². The highest BCUT2D eigenvalue weighted by Gasteiger charge is 2.38. The third-order valence-corrected chi connectivity index (χ3v) is 4.85. The first-order valence-corrected chi connectivity index (χ1v) is 8.82. The van der Waals surface area contributed by atoms with Crippen molar-refractivity contribution in [2.24, 2.45) is 11.7 Å². The molecule has 10 heteroatoms. The predicted molar refractivity (Wildman–Crippen MR) is 103 cm³/mol. The highest BCUT2D eigenvalue weighted by Crippen LogP contribution is 2.37. The monoisotopic (exact) mass is 415 g/mol. The van der Waals surface area contributed by atoms with Gasteiger partial charge in [-0.3, -0.25) is 9.48 Å². The average Bonchev–Trinajstić information content (AvgIpc) is 3.08. The molecule has 0 bridgehead atoms. The zero-order chi connectivity index (χ0) is 19.4. The lowest BCUT2D eigenvalue weighted by molar-refractivity contribution is -0.120. The number of nitrogens with two attached hydrogens (primary N) is 1. The van der Waals surface area contributed by atoms with Gasteiger partial charge in [-0.25, -0.2) is 13.8 Å². The van der Waals surface area contributed by atoms with Crippen LogP contribution in [-0.2, 0) is 11.3 Å². The van der Waals surface area contributed by atoms with Gasteiger partial charge in [0.1, 0.15) is 0 Å². The zero-order valence-corrected chi connectivity index (χ0v) is 16.3. The summed E-state index contributed by atoms with van der Waals surface area (Å²) in [6.45, 7) is 0.427. The van der Waals surface area contributed by atoms with E-state index in [2.05, 4.69) is 15.4 Å². The molecule has 0 aliphatic heterocycles. The topological polar surface area (TPSA) is 95.1 Å². The van der Waals surface area contributed by atoms with Crippen LogP contribution in [0, 0.1) is 5.92 Å². The molecule has 7 nitrogen and oxygen atoms in total. The number of alkyl halides is 2. The van der Waals surface area contributed by atoms with Gasteiger partial charge in [-0.1, -0.05) is 6.07 Å². The van der Waals surface area contributed by atoms with Gasteiger partial charge in [-0.2, -0.15) is 5.10 Å². The van der Waals surface area contributed by atoms with Crippen molar-refractivity contribution in [1.82, 2.24) is 14.8 Å². The molecular formula is C18H24ClF2N5O2. The van der Waals surface area contributed by atoms with Crippen LogP contribution in [0.3, 0.4) is 0 Å². The Labute approximate surface area is 168 Å². The lowest BCUT2D eigenvalue weighted by atomic mass is 9.82. The maximum absolute atomic E-state index is 13.3. The second kappa shape index (κ2) is 9.29. The van der Waals surface area contributed by atoms with Crippen LogP contribution in [0.1, 0.15) is 31.2 Å². The van der Waals surface area contributed by atoms with Gasteiger partial charge < -0.3 is 15.8 Å². The van der Waals surface area contributed by atoms with E-state index in [0.717, 1.165) is 5.56 Å². The van der Waals surface area contributed by atoms with Gasteiger partial charge in [0, 0.05) is 30.8 Å². The van der Waals surface area contributed by atoms with Gasteiger partial charge in [0.15, 0.2) is 0 Å². The van der Waals surface area contributed by atoms with Gasteiger partial charge in [0.25, 0.3) is 0 Å². The Kier molecular flexibility index (Phi) is 7.31. The van der Waals surface area contributed by atoms with Crippen molar-refractivity contribution >= 4 is 24.0 Å². The molecule has 0 aromatic carbocycles. The third-order valence-electron chi connectivity index (χ3n) is 4.85. The van der Waals surface area contributed by atoms with Crippen molar-refractivity contribution in [2.75, 3.05) is 12.4 Å². The number of halogens is 3. The van der Waals surface area contributed by atoms with Crippen molar-refractivity contribution < 1.29 is 18.3 Å². The number of carbonyl (C=O) groups is 1. The number of hydrogen-bond donors (Lipinski definition) is 2. The Bertz CT molecular complexity index is 792. The van der Waals surface area contributed by atoms with Gasteiger partial charge in [-0.15, -0.1) is 12.4 Å². The lowest BCUT2D eigenvalue weighted by Crippen LogP contribution is -2.44. The van der Waals surface area contributed by atoms with Crippen LogP contribution in [0.4, 0.5) is 14.5 Å². The number of aromatic nitrogens is 3. The molecule has 1 saturated carbocycles. The zero-order valence-electron chi connectivity index (χ0n) is 15.5. The molecule has 1 aliphatic carbocycles. The summed E-state index contributed by atoms with van der Waals surface area (Å²) in [6.07, 6.45) is 4.89. The number of carbonyl (C=O) groups excluding carboxylic acids is 1. The molecule has 0 saturated heterocycles. The predicted octanol–water partition coefficient (Wildman–Crippen LogP) is 2.85. The second-order valence-corrected chi connectivity index (χ2v) is 6.81. The van der Waals surface area contributed by atoms with Gasteiger partial charge in [-0.05, 0) is 24.8 Å². The molecule has 1 atom stereocenters. The normalized spacial score (nSPS) is 17.4. The Hall–Kier alpha value is -2.26. The first kappa shape index (κ1) is 22.0. The maximum Gasteiger partial charge on any atom is 0.248 e. The molecule has 3 N–H and O–H groups in total. The van der Waals surface area contributed by atoms with Crippen molar-refractivity contribution in [2.45, 2.75) is 44.2 Å². The molecule has 2 heterocycles. The Balaban J connectivity index is 0.00000280. The molecule has 3 rings (SSSR count). The number of ether oxygens (including phenoxy) is 1. The van der Waals surface area contributed by atoms with Crippen molar-refractivity contribution in [3.63, 3.8) is 0 Å². The van der Waals surface area contributed by atoms with E-state index < -0.39 is 12.0 Å². The number of nitrogens with zero attached hydrogens (tertiary/aromatic N) is 3. The van der Waals surface area contributed by atoms with Crippen LogP contribution in [-0.4, -0.2) is 39.7 Å². The van der Waals surface area contributed by atoms with E-state index in [1.807, 2.05) is 6.07 Å². The molecule has 1 amide bonds. The Morgan fingerprint density at radius 2 is 2.18 bits per heavy atom. The summed E-state index contributed by atoms with van der Waals surface area (Å²) in [5.74, 6) is -2.75. The number of nitrogens with one attached hydrogen (secondary N) is 1. The standard InChI is InChI=1S/C18H23F2N5O2.ClH/c1-27-17-13(3-2-8-22-17)10-25-11-14(9-23-25)24-16(26)15(21)12-4-6-18(19,20)7-5-12;/h2-3,8-9,11-12,15H,4-7,10,21H2,1H3,(H,24,26);1H/t15-;/m0./s1. The van der Waals surface area contributed by atoms with Gasteiger partial charge in [0.05, 0.1) is 31.6 Å². The molecule has 2 aromatic heterocycles. The minimum Gasteiger partial charge on any atom is -0.481 e. The lowest BCUT2D eigenvalue weighted by Gasteiger charge is -2.31. The molecule has 28 heavy (non-hydrogen) atoms. The summed E-state index contributed by atoms with van der Waals surface area (Å²) in [5, 5.41) is 6.92. The minimum atomic E-state index is -2.64. The summed E-state index contributed by atoms with van der Waals surface area (Å²) < 4.78 is 33.4. The van der Waals surface area contributed by atoms with E-state index in [1.54, 1.807) is 30.3 Å². The van der Waals surface area contributed by atoms with E-state index in [-0.39, 0.29) is 49.9 Å². The van der Waals surface area contributed by atoms with Crippen LogP contribution in [0.25, 0.3) is 0 Å². The fraction of sp³-hybridized carbons (Fsp3) is 0.500. The summed E-state index contributed by atoms with van der Waals surface area (Å²) in [7, 11) is 1.54. The molecule has 0 radical (unpaired) electrons. The molecule has 0 unspecified atom stereocenters. The summed E-state index contributed by atoms with van der Waals surface area (Å²) in [6, 6.07) is 2.86. The average molecular weight is 416 g/mol. The van der Waals surface area contributed by atoms with E-state index >= 15 is 0 Å². The SMILES string of the molecule is COc1ncccc1Cn1cc(NC(=O)[C@@H](N)C2CCC(F)(F)CC2)cn1.Cl. The van der Waals surface area contributed by atoms with Crippen LogP contribution in [0.15, 0.2) is 30.7 Å². The number of rotatable bonds is 6. The smallest absolute Gasteiger partial charge is 0.248 e. The first-order valence-electron chi connectivity index (χ1n) is 8.82. The summed E-state index contributed by atoms with van der Waals surface area (Å²) in [5.41, 5.74) is 7.34.